The fourth-order valence-electron chi connectivity index (χ4n) is 7.44. The van der Waals surface area contributed by atoms with Gasteiger partial charge in [0, 0.05) is 58.9 Å². The summed E-state index contributed by atoms with van der Waals surface area (Å²) in [6.07, 6.45) is 0. The second-order valence-corrected chi connectivity index (χ2v) is 14.2. The first-order valence-electron chi connectivity index (χ1n) is 17.5. The van der Waals surface area contributed by atoms with Gasteiger partial charge in [0.1, 0.15) is 5.52 Å². The van der Waals surface area contributed by atoms with E-state index >= 15 is 0 Å². The maximum absolute atomic E-state index is 6.11. The zero-order valence-electron chi connectivity index (χ0n) is 28.1. The molecular weight excluding hydrogens is 671 g/mol. The van der Waals surface area contributed by atoms with Crippen LogP contribution in [0, 0.1) is 0 Å². The van der Waals surface area contributed by atoms with Gasteiger partial charge in [-0.05, 0) is 66.7 Å². The van der Waals surface area contributed by atoms with Gasteiger partial charge in [-0.25, -0.2) is 19.9 Å². The Morgan fingerprint density at radius 3 is 1.85 bits per heavy atom. The summed E-state index contributed by atoms with van der Waals surface area (Å²) in [6, 6.07) is 56.4. The molecule has 53 heavy (non-hydrogen) atoms. The molecule has 0 spiro atoms. The zero-order valence-corrected chi connectivity index (χ0v) is 29.0. The largest absolute Gasteiger partial charge is 0.436 e. The van der Waals surface area contributed by atoms with Crippen LogP contribution in [-0.2, 0) is 0 Å². The lowest BCUT2D eigenvalue weighted by Gasteiger charge is -2.11. The predicted molar refractivity (Wildman–Crippen MR) is 216 cm³/mol. The van der Waals surface area contributed by atoms with Crippen molar-refractivity contribution in [1.29, 1.82) is 0 Å². The van der Waals surface area contributed by atoms with E-state index in [1.807, 2.05) is 54.6 Å². The molecule has 0 atom stereocenters. The Balaban J connectivity index is 1.05. The van der Waals surface area contributed by atoms with Crippen molar-refractivity contribution in [3.63, 3.8) is 0 Å². The smallest absolute Gasteiger partial charge is 0.227 e. The molecule has 4 heterocycles. The maximum atomic E-state index is 6.11. The summed E-state index contributed by atoms with van der Waals surface area (Å²) in [7, 11) is 0. The minimum absolute atomic E-state index is 0.615. The van der Waals surface area contributed by atoms with Crippen LogP contribution in [0.5, 0.6) is 0 Å². The van der Waals surface area contributed by atoms with Gasteiger partial charge in [-0.3, -0.25) is 0 Å². The number of fused-ring (bicyclic) bond motifs is 7. The van der Waals surface area contributed by atoms with Crippen molar-refractivity contribution < 1.29 is 4.42 Å². The summed E-state index contributed by atoms with van der Waals surface area (Å²) in [5, 5.41) is 4.73. The van der Waals surface area contributed by atoms with Crippen LogP contribution in [0.25, 0.3) is 104 Å². The van der Waals surface area contributed by atoms with Crippen molar-refractivity contribution in [3.8, 4) is 51.3 Å². The van der Waals surface area contributed by atoms with E-state index in [1.165, 1.54) is 21.8 Å². The zero-order chi connectivity index (χ0) is 34.9. The van der Waals surface area contributed by atoms with Gasteiger partial charge < -0.3 is 8.98 Å². The van der Waals surface area contributed by atoms with Gasteiger partial charge >= 0.3 is 0 Å². The van der Waals surface area contributed by atoms with Gasteiger partial charge in [0.2, 0.25) is 5.89 Å². The normalized spacial score (nSPS) is 11.8. The van der Waals surface area contributed by atoms with Crippen molar-refractivity contribution in [2.75, 3.05) is 0 Å². The molecule has 6 nitrogen and oxygen atoms in total. The molecule has 0 saturated heterocycles. The van der Waals surface area contributed by atoms with Gasteiger partial charge in [-0.15, -0.1) is 11.3 Å². The van der Waals surface area contributed by atoms with Gasteiger partial charge in [-0.2, -0.15) is 0 Å². The summed E-state index contributed by atoms with van der Waals surface area (Å²) < 4.78 is 10.7. The molecule has 7 heteroatoms. The Hall–Kier alpha value is -6.96. The van der Waals surface area contributed by atoms with E-state index < -0.39 is 0 Å². The summed E-state index contributed by atoms with van der Waals surface area (Å²) in [5.74, 6) is 2.50. The molecule has 0 aliphatic heterocycles. The third-order valence-electron chi connectivity index (χ3n) is 9.91. The highest BCUT2D eigenvalue weighted by Crippen LogP contribution is 2.41. The summed E-state index contributed by atoms with van der Waals surface area (Å²) in [4.78, 5) is 20.1. The number of benzene rings is 7. The van der Waals surface area contributed by atoms with Crippen molar-refractivity contribution in [2.24, 2.45) is 0 Å². The molecule has 7 aromatic carbocycles. The highest BCUT2D eigenvalue weighted by molar-refractivity contribution is 7.26. The van der Waals surface area contributed by atoms with E-state index in [0.29, 0.717) is 23.4 Å². The Labute approximate surface area is 307 Å². The topological polar surface area (TPSA) is 69.6 Å². The van der Waals surface area contributed by atoms with Gasteiger partial charge in [0.15, 0.2) is 23.1 Å². The first kappa shape index (κ1) is 29.7. The lowest BCUT2D eigenvalue weighted by molar-refractivity contribution is 0.620. The lowest BCUT2D eigenvalue weighted by atomic mass is 10.0. The van der Waals surface area contributed by atoms with Crippen molar-refractivity contribution in [3.05, 3.63) is 164 Å². The number of hydrogen-bond acceptors (Lipinski definition) is 6. The number of rotatable bonds is 5. The maximum Gasteiger partial charge on any atom is 0.227 e. The second-order valence-electron chi connectivity index (χ2n) is 13.1. The molecule has 0 radical (unpaired) electrons. The fraction of sp³-hybridized carbons (Fsp3) is 0. The van der Waals surface area contributed by atoms with Gasteiger partial charge in [0.05, 0.1) is 11.0 Å². The Morgan fingerprint density at radius 1 is 0.453 bits per heavy atom. The Kier molecular flexibility index (Phi) is 6.62. The number of nitrogens with zero attached hydrogens (tertiary/aromatic N) is 5. The van der Waals surface area contributed by atoms with Crippen LogP contribution in [0.2, 0.25) is 0 Å². The summed E-state index contributed by atoms with van der Waals surface area (Å²) >= 11 is 1.75. The molecule has 0 bridgehead atoms. The van der Waals surface area contributed by atoms with E-state index in [0.717, 1.165) is 59.2 Å². The minimum Gasteiger partial charge on any atom is -0.436 e. The third-order valence-corrected chi connectivity index (χ3v) is 11.0. The Morgan fingerprint density at radius 2 is 1.09 bits per heavy atom. The number of oxazole rings is 1. The van der Waals surface area contributed by atoms with Crippen LogP contribution in [0.3, 0.4) is 0 Å². The number of thiophene rings is 1. The van der Waals surface area contributed by atoms with Gasteiger partial charge in [0.25, 0.3) is 0 Å². The quantitative estimate of drug-likeness (QED) is 0.179. The molecule has 0 N–H and O–H groups in total. The van der Waals surface area contributed by atoms with Gasteiger partial charge in [-0.1, -0.05) is 97.1 Å². The molecule has 4 aromatic heterocycles. The van der Waals surface area contributed by atoms with Crippen LogP contribution in [-0.4, -0.2) is 24.5 Å². The standard InChI is InChI=1S/C46H27N5OS/c1-2-11-28(12-3-1)43-48-44(29-21-24-31(25-22-29)51-37-17-7-4-13-32(37)33-14-5-8-18-38(33)51)50-45(49-43)35-15-10-20-40-42(35)34-26-23-30(27-41(34)53-40)46-47-36-16-6-9-19-39(36)52-46/h1-27H. The minimum atomic E-state index is 0.615. The van der Waals surface area contributed by atoms with Crippen molar-refractivity contribution in [1.82, 2.24) is 24.5 Å². The summed E-state index contributed by atoms with van der Waals surface area (Å²) in [5.41, 5.74) is 8.82. The van der Waals surface area contributed by atoms with Crippen LogP contribution in [0.4, 0.5) is 0 Å². The van der Waals surface area contributed by atoms with Crippen LogP contribution in [0.15, 0.2) is 168 Å². The van der Waals surface area contributed by atoms with Crippen molar-refractivity contribution in [2.45, 2.75) is 0 Å². The first-order valence-corrected chi connectivity index (χ1v) is 18.3. The molecule has 248 valence electrons. The SMILES string of the molecule is c1ccc(-c2nc(-c3ccc(-n4c5ccccc5c5ccccc54)cc3)nc(-c3cccc4sc5cc(-c6nc7ccccc7o6)ccc5c34)n2)cc1. The highest BCUT2D eigenvalue weighted by atomic mass is 32.1. The van der Waals surface area contributed by atoms with E-state index in [1.54, 1.807) is 11.3 Å². The lowest BCUT2D eigenvalue weighted by Crippen LogP contribution is -2.01. The monoisotopic (exact) mass is 697 g/mol. The third kappa shape index (κ3) is 4.86. The fourth-order valence-corrected chi connectivity index (χ4v) is 8.61. The molecule has 0 aliphatic carbocycles. The van der Waals surface area contributed by atoms with E-state index in [-0.39, 0.29) is 0 Å². The number of para-hydroxylation sites is 4. The van der Waals surface area contributed by atoms with Crippen LogP contribution >= 0.6 is 11.3 Å². The number of aromatic nitrogens is 5. The van der Waals surface area contributed by atoms with E-state index in [9.17, 15) is 0 Å². The number of hydrogen-bond donors (Lipinski definition) is 0. The molecule has 0 saturated carbocycles. The molecule has 0 amide bonds. The summed E-state index contributed by atoms with van der Waals surface area (Å²) in [6.45, 7) is 0. The Bertz CT molecular complexity index is 3090. The van der Waals surface area contributed by atoms with Crippen LogP contribution < -0.4 is 0 Å². The molecule has 11 rings (SSSR count). The average Bonchev–Trinajstić information content (AvgIpc) is 3.93. The molecule has 0 fully saturated rings. The van der Waals surface area contributed by atoms with Crippen LogP contribution in [0.1, 0.15) is 0 Å². The van der Waals surface area contributed by atoms with Crippen molar-refractivity contribution >= 4 is 64.4 Å². The molecule has 11 aromatic rings. The first-order chi connectivity index (χ1) is 26.2. The highest BCUT2D eigenvalue weighted by Gasteiger charge is 2.19. The van der Waals surface area contributed by atoms with E-state index in [4.69, 9.17) is 24.4 Å². The van der Waals surface area contributed by atoms with E-state index in [2.05, 4.69) is 114 Å². The molecular formula is C46H27N5OS. The molecule has 0 unspecified atom stereocenters. The average molecular weight is 698 g/mol. The predicted octanol–water partition coefficient (Wildman–Crippen LogP) is 12.1. The second kappa shape index (κ2) is 11.8. The molecule has 0 aliphatic rings.